The maximum Gasteiger partial charge on any atom is 0.318 e. The monoisotopic (exact) mass is 345 g/mol. The second-order valence-electron chi connectivity index (χ2n) is 7.62. The highest BCUT2D eigenvalue weighted by molar-refractivity contribution is 5.75. The fourth-order valence-corrected chi connectivity index (χ4v) is 4.06. The van der Waals surface area contributed by atoms with Gasteiger partial charge in [-0.3, -0.25) is 4.90 Å². The molecule has 2 heterocycles. The van der Waals surface area contributed by atoms with Crippen LogP contribution in [0.5, 0.6) is 0 Å². The number of hydrogen-bond acceptors (Lipinski definition) is 3. The van der Waals surface area contributed by atoms with E-state index in [0.717, 1.165) is 45.3 Å². The van der Waals surface area contributed by atoms with Crippen molar-refractivity contribution in [3.8, 4) is 0 Å². The molecule has 0 radical (unpaired) electrons. The summed E-state index contributed by atoms with van der Waals surface area (Å²) in [4.78, 5) is 16.9. The molecule has 3 rings (SSSR count). The van der Waals surface area contributed by atoms with E-state index in [2.05, 4.69) is 42.3 Å². The lowest BCUT2D eigenvalue weighted by Crippen LogP contribution is -2.45. The number of amides is 2. The lowest BCUT2D eigenvalue weighted by atomic mass is 10.0. The third-order valence-corrected chi connectivity index (χ3v) is 5.69. The van der Waals surface area contributed by atoms with Crippen LogP contribution in [0, 0.1) is 0 Å². The molecule has 2 aliphatic rings. The molecule has 0 aliphatic carbocycles. The van der Waals surface area contributed by atoms with Crippen molar-refractivity contribution in [2.75, 3.05) is 13.1 Å². The van der Waals surface area contributed by atoms with E-state index in [-0.39, 0.29) is 12.1 Å². The lowest BCUT2D eigenvalue weighted by molar-refractivity contribution is 0.0791. The van der Waals surface area contributed by atoms with E-state index in [0.29, 0.717) is 18.6 Å². The summed E-state index contributed by atoms with van der Waals surface area (Å²) in [6.45, 7) is 7.58. The topological polar surface area (TPSA) is 55.8 Å². The number of carbonyl (C=O) groups excluding carboxylic acids is 1. The standard InChI is InChI=1S/C20H31N3O2/c1-15-7-8-16(2)23(15)20(25)21-13-17-5-3-4-6-18(17)14-22-11-9-19(24)10-12-22/h3-6,15-16,19,24H,7-14H2,1-2H3,(H,21,25). The zero-order valence-electron chi connectivity index (χ0n) is 15.4. The second-order valence-corrected chi connectivity index (χ2v) is 7.62. The summed E-state index contributed by atoms with van der Waals surface area (Å²) in [6.07, 6.45) is 3.74. The number of aliphatic hydroxyl groups is 1. The van der Waals surface area contributed by atoms with Gasteiger partial charge in [0.1, 0.15) is 0 Å². The van der Waals surface area contributed by atoms with Gasteiger partial charge in [-0.25, -0.2) is 4.79 Å². The number of carbonyl (C=O) groups is 1. The van der Waals surface area contributed by atoms with E-state index in [9.17, 15) is 9.90 Å². The largest absolute Gasteiger partial charge is 0.393 e. The molecule has 2 fully saturated rings. The molecule has 25 heavy (non-hydrogen) atoms. The average Bonchev–Trinajstić information content (AvgIpc) is 2.94. The van der Waals surface area contributed by atoms with Gasteiger partial charge in [0.2, 0.25) is 0 Å². The first-order valence-electron chi connectivity index (χ1n) is 9.58. The summed E-state index contributed by atoms with van der Waals surface area (Å²) in [5.74, 6) is 0. The van der Waals surface area contributed by atoms with Gasteiger partial charge in [0.15, 0.2) is 0 Å². The van der Waals surface area contributed by atoms with Crippen molar-refractivity contribution in [2.24, 2.45) is 0 Å². The van der Waals surface area contributed by atoms with Crippen LogP contribution in [0.25, 0.3) is 0 Å². The van der Waals surface area contributed by atoms with Crippen LogP contribution in [-0.4, -0.2) is 52.2 Å². The van der Waals surface area contributed by atoms with Gasteiger partial charge in [-0.1, -0.05) is 24.3 Å². The summed E-state index contributed by atoms with van der Waals surface area (Å²) < 4.78 is 0. The predicted octanol–water partition coefficient (Wildman–Crippen LogP) is 2.73. The highest BCUT2D eigenvalue weighted by atomic mass is 16.3. The Labute approximate surface area is 151 Å². The molecule has 5 nitrogen and oxygen atoms in total. The van der Waals surface area contributed by atoms with Gasteiger partial charge in [0, 0.05) is 38.3 Å². The van der Waals surface area contributed by atoms with Crippen LogP contribution in [0.3, 0.4) is 0 Å². The lowest BCUT2D eigenvalue weighted by Gasteiger charge is -2.30. The second kappa shape index (κ2) is 8.19. The number of urea groups is 1. The molecule has 0 saturated carbocycles. The van der Waals surface area contributed by atoms with Crippen LogP contribution in [0.1, 0.15) is 50.7 Å². The molecule has 1 aromatic carbocycles. The first-order valence-corrected chi connectivity index (χ1v) is 9.58. The molecule has 2 aliphatic heterocycles. The van der Waals surface area contributed by atoms with Crippen LogP contribution < -0.4 is 5.32 Å². The van der Waals surface area contributed by atoms with E-state index >= 15 is 0 Å². The van der Waals surface area contributed by atoms with Gasteiger partial charge >= 0.3 is 6.03 Å². The number of nitrogens with zero attached hydrogens (tertiary/aromatic N) is 2. The van der Waals surface area contributed by atoms with Crippen molar-refractivity contribution < 1.29 is 9.90 Å². The van der Waals surface area contributed by atoms with E-state index in [1.807, 2.05) is 11.0 Å². The van der Waals surface area contributed by atoms with Crippen molar-refractivity contribution in [2.45, 2.75) is 70.8 Å². The summed E-state index contributed by atoms with van der Waals surface area (Å²) in [7, 11) is 0. The SMILES string of the molecule is CC1CCC(C)N1C(=O)NCc1ccccc1CN1CCC(O)CC1. The first kappa shape index (κ1) is 18.2. The zero-order valence-corrected chi connectivity index (χ0v) is 15.4. The van der Waals surface area contributed by atoms with Crippen LogP contribution in [-0.2, 0) is 13.1 Å². The van der Waals surface area contributed by atoms with Crippen molar-refractivity contribution in [1.82, 2.24) is 15.1 Å². The van der Waals surface area contributed by atoms with Crippen LogP contribution >= 0.6 is 0 Å². The van der Waals surface area contributed by atoms with Crippen molar-refractivity contribution in [3.05, 3.63) is 35.4 Å². The van der Waals surface area contributed by atoms with Crippen LogP contribution in [0.15, 0.2) is 24.3 Å². The Hall–Kier alpha value is -1.59. The zero-order chi connectivity index (χ0) is 17.8. The third-order valence-electron chi connectivity index (χ3n) is 5.69. The molecule has 2 amide bonds. The number of aliphatic hydroxyl groups excluding tert-OH is 1. The maximum absolute atomic E-state index is 12.6. The van der Waals surface area contributed by atoms with Crippen molar-refractivity contribution in [3.63, 3.8) is 0 Å². The molecular weight excluding hydrogens is 314 g/mol. The predicted molar refractivity (Wildman–Crippen MR) is 99.2 cm³/mol. The fourth-order valence-electron chi connectivity index (χ4n) is 4.06. The molecular formula is C20H31N3O2. The minimum Gasteiger partial charge on any atom is -0.393 e. The molecule has 138 valence electrons. The molecule has 5 heteroatoms. The molecule has 2 N–H and O–H groups in total. The van der Waals surface area contributed by atoms with Gasteiger partial charge in [0.05, 0.1) is 6.10 Å². The Morgan fingerprint density at radius 2 is 1.68 bits per heavy atom. The van der Waals surface area contributed by atoms with Crippen molar-refractivity contribution >= 4 is 6.03 Å². The summed E-state index contributed by atoms with van der Waals surface area (Å²) >= 11 is 0. The molecule has 0 aromatic heterocycles. The molecule has 0 spiro atoms. The van der Waals surface area contributed by atoms with E-state index in [1.165, 1.54) is 11.1 Å². The number of likely N-dealkylation sites (tertiary alicyclic amines) is 2. The van der Waals surface area contributed by atoms with E-state index in [1.54, 1.807) is 0 Å². The number of hydrogen-bond donors (Lipinski definition) is 2. The molecule has 0 bridgehead atoms. The molecule has 2 saturated heterocycles. The minimum absolute atomic E-state index is 0.0494. The molecule has 1 aromatic rings. The fraction of sp³-hybridized carbons (Fsp3) is 0.650. The Morgan fingerprint density at radius 3 is 2.32 bits per heavy atom. The molecule has 2 unspecified atom stereocenters. The van der Waals surface area contributed by atoms with Gasteiger partial charge in [0.25, 0.3) is 0 Å². The minimum atomic E-state index is -0.143. The van der Waals surface area contributed by atoms with E-state index in [4.69, 9.17) is 0 Å². The first-order chi connectivity index (χ1) is 12.0. The van der Waals surface area contributed by atoms with Crippen molar-refractivity contribution in [1.29, 1.82) is 0 Å². The Balaban J connectivity index is 1.58. The number of nitrogens with one attached hydrogen (secondary N) is 1. The van der Waals surface area contributed by atoms with Gasteiger partial charge in [-0.05, 0) is 50.7 Å². The highest BCUT2D eigenvalue weighted by Gasteiger charge is 2.31. The third kappa shape index (κ3) is 4.53. The van der Waals surface area contributed by atoms with Crippen LogP contribution in [0.4, 0.5) is 4.79 Å². The summed E-state index contributed by atoms with van der Waals surface area (Å²) in [5.41, 5.74) is 2.45. The van der Waals surface area contributed by atoms with E-state index < -0.39 is 0 Å². The number of piperidine rings is 1. The highest BCUT2D eigenvalue weighted by Crippen LogP contribution is 2.23. The summed E-state index contributed by atoms with van der Waals surface area (Å²) in [5, 5.41) is 12.8. The van der Waals surface area contributed by atoms with Crippen LogP contribution in [0.2, 0.25) is 0 Å². The van der Waals surface area contributed by atoms with Gasteiger partial charge < -0.3 is 15.3 Å². The summed E-state index contributed by atoms with van der Waals surface area (Å²) in [6, 6.07) is 9.04. The van der Waals surface area contributed by atoms with Gasteiger partial charge in [-0.15, -0.1) is 0 Å². The normalized spacial score (nSPS) is 25.3. The maximum atomic E-state index is 12.6. The number of benzene rings is 1. The number of rotatable bonds is 4. The Morgan fingerprint density at radius 1 is 1.08 bits per heavy atom. The van der Waals surface area contributed by atoms with Gasteiger partial charge in [-0.2, -0.15) is 0 Å². The molecule has 2 atom stereocenters. The average molecular weight is 345 g/mol. The Kier molecular flexibility index (Phi) is 5.97. The smallest absolute Gasteiger partial charge is 0.318 e. The quantitative estimate of drug-likeness (QED) is 0.882. The Bertz CT molecular complexity index is 574.